The maximum atomic E-state index is 13.4. The molecule has 1 heterocycles. The summed E-state index contributed by atoms with van der Waals surface area (Å²) in [7, 11) is 0. The van der Waals surface area contributed by atoms with Gasteiger partial charge >= 0.3 is 0 Å². The van der Waals surface area contributed by atoms with Crippen molar-refractivity contribution in [2.24, 2.45) is 0 Å². The first-order valence-electron chi connectivity index (χ1n) is 6.04. The summed E-state index contributed by atoms with van der Waals surface area (Å²) in [5.74, 6) is -0.239. The van der Waals surface area contributed by atoms with Crippen LogP contribution in [-0.4, -0.2) is 4.98 Å². The smallest absolute Gasteiger partial charge is 0.137 e. The fraction of sp³-hybridized carbons (Fsp3) is 0.357. The Kier molecular flexibility index (Phi) is 4.26. The van der Waals surface area contributed by atoms with E-state index in [1.807, 2.05) is 13.8 Å². The highest BCUT2D eigenvalue weighted by molar-refractivity contribution is 9.10. The Hall–Kier alpha value is -0.940. The van der Waals surface area contributed by atoms with Crippen LogP contribution in [0.15, 0.2) is 16.6 Å². The molecule has 1 atom stereocenters. The van der Waals surface area contributed by atoms with Crippen LogP contribution >= 0.6 is 27.3 Å². The fourth-order valence-corrected chi connectivity index (χ4v) is 3.31. The SMILES string of the molecule is Cc1nc(C(C)Nc2cc(Br)c(F)cc2C)c(C)s1. The quantitative estimate of drug-likeness (QED) is 0.834. The van der Waals surface area contributed by atoms with Gasteiger partial charge in [-0.05, 0) is 61.3 Å². The van der Waals surface area contributed by atoms with E-state index in [4.69, 9.17) is 0 Å². The molecule has 0 fully saturated rings. The molecule has 2 aromatic rings. The third-order valence-electron chi connectivity index (χ3n) is 2.99. The molecular formula is C14H16BrFN2S. The van der Waals surface area contributed by atoms with Crippen molar-refractivity contribution in [2.45, 2.75) is 33.7 Å². The van der Waals surface area contributed by atoms with Gasteiger partial charge in [0.05, 0.1) is 21.2 Å². The Morgan fingerprint density at radius 2 is 2.00 bits per heavy atom. The van der Waals surface area contributed by atoms with Gasteiger partial charge in [-0.1, -0.05) is 0 Å². The van der Waals surface area contributed by atoms with Crippen molar-refractivity contribution in [3.8, 4) is 0 Å². The molecule has 2 nitrogen and oxygen atoms in total. The average molecular weight is 343 g/mol. The number of nitrogens with one attached hydrogen (secondary N) is 1. The van der Waals surface area contributed by atoms with Gasteiger partial charge in [-0.3, -0.25) is 0 Å². The summed E-state index contributed by atoms with van der Waals surface area (Å²) in [4.78, 5) is 5.77. The normalized spacial score (nSPS) is 12.5. The lowest BCUT2D eigenvalue weighted by Gasteiger charge is -2.17. The molecule has 0 aliphatic rings. The third-order valence-corrected chi connectivity index (χ3v) is 4.50. The van der Waals surface area contributed by atoms with E-state index >= 15 is 0 Å². The fourth-order valence-electron chi connectivity index (χ4n) is 2.05. The van der Waals surface area contributed by atoms with Crippen molar-refractivity contribution in [1.82, 2.24) is 4.98 Å². The first kappa shape index (κ1) is 14.5. The first-order valence-corrected chi connectivity index (χ1v) is 7.65. The van der Waals surface area contributed by atoms with Crippen LogP contribution in [0.5, 0.6) is 0 Å². The van der Waals surface area contributed by atoms with E-state index in [9.17, 15) is 4.39 Å². The molecule has 19 heavy (non-hydrogen) atoms. The lowest BCUT2D eigenvalue weighted by atomic mass is 10.1. The van der Waals surface area contributed by atoms with Gasteiger partial charge in [0.25, 0.3) is 0 Å². The molecule has 0 bridgehead atoms. The lowest BCUT2D eigenvalue weighted by molar-refractivity contribution is 0.620. The third kappa shape index (κ3) is 3.15. The number of anilines is 1. The summed E-state index contributed by atoms with van der Waals surface area (Å²) >= 11 is 4.91. The predicted molar refractivity (Wildman–Crippen MR) is 82.5 cm³/mol. The second-order valence-corrected chi connectivity index (χ2v) is 6.88. The number of rotatable bonds is 3. The van der Waals surface area contributed by atoms with Crippen LogP contribution in [0.25, 0.3) is 0 Å². The number of nitrogens with zero attached hydrogens (tertiary/aromatic N) is 1. The van der Waals surface area contributed by atoms with E-state index in [1.165, 1.54) is 10.9 Å². The van der Waals surface area contributed by atoms with Crippen LogP contribution in [0.1, 0.15) is 34.1 Å². The minimum atomic E-state index is -0.239. The Bertz CT molecular complexity index is 610. The van der Waals surface area contributed by atoms with E-state index in [0.29, 0.717) is 4.47 Å². The number of halogens is 2. The van der Waals surface area contributed by atoms with Gasteiger partial charge in [0.1, 0.15) is 5.82 Å². The molecule has 0 amide bonds. The van der Waals surface area contributed by atoms with Crippen molar-refractivity contribution in [2.75, 3.05) is 5.32 Å². The van der Waals surface area contributed by atoms with Gasteiger partial charge in [-0.15, -0.1) is 11.3 Å². The van der Waals surface area contributed by atoms with Crippen LogP contribution in [0.2, 0.25) is 0 Å². The molecule has 0 radical (unpaired) electrons. The molecule has 0 saturated carbocycles. The van der Waals surface area contributed by atoms with E-state index in [-0.39, 0.29) is 11.9 Å². The van der Waals surface area contributed by atoms with Crippen molar-refractivity contribution < 1.29 is 4.39 Å². The van der Waals surface area contributed by atoms with Crippen molar-refractivity contribution in [1.29, 1.82) is 0 Å². The summed E-state index contributed by atoms with van der Waals surface area (Å²) in [5, 5.41) is 4.46. The molecule has 1 unspecified atom stereocenters. The number of aromatic nitrogens is 1. The van der Waals surface area contributed by atoms with E-state index in [2.05, 4.69) is 40.1 Å². The number of benzene rings is 1. The summed E-state index contributed by atoms with van der Waals surface area (Å²) in [6, 6.07) is 3.40. The van der Waals surface area contributed by atoms with Crippen LogP contribution in [-0.2, 0) is 0 Å². The molecule has 2 rings (SSSR count). The van der Waals surface area contributed by atoms with Crippen molar-refractivity contribution >= 4 is 33.0 Å². The van der Waals surface area contributed by atoms with Crippen molar-refractivity contribution in [3.63, 3.8) is 0 Å². The predicted octanol–water partition coefficient (Wildman–Crippen LogP) is 5.14. The summed E-state index contributed by atoms with van der Waals surface area (Å²) < 4.78 is 13.9. The minimum absolute atomic E-state index is 0.0982. The van der Waals surface area contributed by atoms with E-state index in [1.54, 1.807) is 17.4 Å². The van der Waals surface area contributed by atoms with Crippen molar-refractivity contribution in [3.05, 3.63) is 43.6 Å². The molecule has 0 saturated heterocycles. The van der Waals surface area contributed by atoms with Crippen LogP contribution in [0, 0.1) is 26.6 Å². The zero-order valence-electron chi connectivity index (χ0n) is 11.3. The Labute approximate surface area is 125 Å². The highest BCUT2D eigenvalue weighted by atomic mass is 79.9. The molecule has 0 spiro atoms. The molecule has 1 aromatic carbocycles. The number of thiazole rings is 1. The summed E-state index contributed by atoms with van der Waals surface area (Å²) in [6.07, 6.45) is 0. The number of hydrogen-bond acceptors (Lipinski definition) is 3. The van der Waals surface area contributed by atoms with Gasteiger partial charge in [0, 0.05) is 10.6 Å². The van der Waals surface area contributed by atoms with Crippen LogP contribution in [0.4, 0.5) is 10.1 Å². The molecule has 1 N–H and O–H groups in total. The van der Waals surface area contributed by atoms with Gasteiger partial charge in [0.2, 0.25) is 0 Å². The zero-order valence-corrected chi connectivity index (χ0v) is 13.7. The van der Waals surface area contributed by atoms with Gasteiger partial charge in [-0.25, -0.2) is 9.37 Å². The Balaban J connectivity index is 2.26. The maximum absolute atomic E-state index is 13.4. The molecule has 0 aliphatic carbocycles. The second kappa shape index (κ2) is 5.59. The topological polar surface area (TPSA) is 24.9 Å². The monoisotopic (exact) mass is 342 g/mol. The van der Waals surface area contributed by atoms with Crippen LogP contribution < -0.4 is 5.32 Å². The first-order chi connectivity index (χ1) is 8.88. The Morgan fingerprint density at radius 1 is 1.32 bits per heavy atom. The molecule has 102 valence electrons. The largest absolute Gasteiger partial charge is 0.377 e. The Morgan fingerprint density at radius 3 is 2.58 bits per heavy atom. The van der Waals surface area contributed by atoms with E-state index in [0.717, 1.165) is 22.0 Å². The molecule has 0 aliphatic heterocycles. The molecule has 5 heteroatoms. The highest BCUT2D eigenvalue weighted by Crippen LogP contribution is 2.29. The van der Waals surface area contributed by atoms with Gasteiger partial charge in [0.15, 0.2) is 0 Å². The summed E-state index contributed by atoms with van der Waals surface area (Å²) in [6.45, 7) is 8.04. The average Bonchev–Trinajstić information content (AvgIpc) is 2.65. The van der Waals surface area contributed by atoms with Gasteiger partial charge in [-0.2, -0.15) is 0 Å². The maximum Gasteiger partial charge on any atom is 0.137 e. The van der Waals surface area contributed by atoms with Gasteiger partial charge < -0.3 is 5.32 Å². The lowest BCUT2D eigenvalue weighted by Crippen LogP contribution is -2.09. The standard InChI is InChI=1S/C14H16BrFN2S/c1-7-5-12(16)11(15)6-13(7)17-8(2)14-9(3)19-10(4)18-14/h5-6,8,17H,1-4H3. The molecular weight excluding hydrogens is 327 g/mol. The second-order valence-electron chi connectivity index (χ2n) is 4.62. The van der Waals surface area contributed by atoms with Crippen LogP contribution in [0.3, 0.4) is 0 Å². The highest BCUT2D eigenvalue weighted by Gasteiger charge is 2.14. The number of hydrogen-bond donors (Lipinski definition) is 1. The van der Waals surface area contributed by atoms with E-state index < -0.39 is 0 Å². The minimum Gasteiger partial charge on any atom is -0.377 e. The molecule has 1 aromatic heterocycles. The zero-order chi connectivity index (χ0) is 14.2. The number of aryl methyl sites for hydroxylation is 3. The summed E-state index contributed by atoms with van der Waals surface area (Å²) in [5.41, 5.74) is 2.87.